The summed E-state index contributed by atoms with van der Waals surface area (Å²) in [4.78, 5) is 8.77. The van der Waals surface area contributed by atoms with Gasteiger partial charge in [-0.3, -0.25) is 0 Å². The number of anilines is 2. The Hall–Kier alpha value is -4.09. The largest absolute Gasteiger partial charge is 0.456 e. The van der Waals surface area contributed by atoms with E-state index in [0.29, 0.717) is 23.0 Å². The maximum absolute atomic E-state index is 13.3. The molecule has 1 aliphatic heterocycles. The molecule has 37 heavy (non-hydrogen) atoms. The number of halogens is 3. The van der Waals surface area contributed by atoms with E-state index in [9.17, 15) is 13.2 Å². The molecule has 1 aromatic heterocycles. The van der Waals surface area contributed by atoms with Gasteiger partial charge in [0.2, 0.25) is 0 Å². The van der Waals surface area contributed by atoms with Gasteiger partial charge in [-0.25, -0.2) is 9.97 Å². The Kier molecular flexibility index (Phi) is 6.97. The van der Waals surface area contributed by atoms with Crippen molar-refractivity contribution >= 4 is 22.4 Å². The number of alkyl halides is 3. The highest BCUT2D eigenvalue weighted by molar-refractivity contribution is 5.91. The van der Waals surface area contributed by atoms with Crippen LogP contribution in [0.1, 0.15) is 29.5 Å². The van der Waals surface area contributed by atoms with Crippen LogP contribution in [0.3, 0.4) is 0 Å². The van der Waals surface area contributed by atoms with E-state index in [4.69, 9.17) is 4.74 Å². The fraction of sp³-hybridized carbons (Fsp3) is 0.241. The van der Waals surface area contributed by atoms with E-state index in [1.807, 2.05) is 18.2 Å². The average molecular weight is 503 g/mol. The van der Waals surface area contributed by atoms with Crippen molar-refractivity contribution in [2.75, 3.05) is 18.4 Å². The number of piperidine rings is 1. The molecule has 1 aliphatic rings. The Morgan fingerprint density at radius 1 is 1.03 bits per heavy atom. The lowest BCUT2D eigenvalue weighted by atomic mass is 10.00. The van der Waals surface area contributed by atoms with Crippen LogP contribution < -0.4 is 15.4 Å². The molecule has 4 aromatic rings. The van der Waals surface area contributed by atoms with Crippen molar-refractivity contribution in [1.29, 1.82) is 0 Å². The minimum atomic E-state index is -4.50. The molecule has 0 amide bonds. The number of nitrogens with zero attached hydrogens (tertiary/aromatic N) is 2. The van der Waals surface area contributed by atoms with Gasteiger partial charge in [0.25, 0.3) is 0 Å². The first-order valence-corrected chi connectivity index (χ1v) is 12.1. The molecule has 3 aromatic carbocycles. The number of hydrogen-bond acceptors (Lipinski definition) is 5. The van der Waals surface area contributed by atoms with Crippen LogP contribution in [-0.4, -0.2) is 23.1 Å². The predicted octanol–water partition coefficient (Wildman–Crippen LogP) is 6.84. The van der Waals surface area contributed by atoms with Crippen molar-refractivity contribution in [2.45, 2.75) is 25.9 Å². The van der Waals surface area contributed by atoms with E-state index in [-0.39, 0.29) is 5.75 Å². The van der Waals surface area contributed by atoms with Crippen LogP contribution in [-0.2, 0) is 6.18 Å². The van der Waals surface area contributed by atoms with Gasteiger partial charge in [0.15, 0.2) is 0 Å². The molecule has 0 saturated carbocycles. The van der Waals surface area contributed by atoms with E-state index in [1.165, 1.54) is 24.5 Å². The number of ether oxygens (including phenoxy) is 1. The molecular formula is C29H25F3N4O. The van der Waals surface area contributed by atoms with Crippen molar-refractivity contribution in [3.63, 3.8) is 0 Å². The lowest BCUT2D eigenvalue weighted by molar-refractivity contribution is -0.138. The standard InChI is InChI=1S/C29H25F3N4O/c1-19-15-22(11-13-26(19)37-27-7-3-2-6-24(27)29(30,31)32)36-28-23-16-20(10-12-25(23)34-18-35-28)8-9-21-5-4-14-33-17-21/h2-3,6-7,10-13,15-16,18,21,33H,4-5,14,17H2,1H3,(H,34,35,36). The number of fused-ring (bicyclic) bond motifs is 1. The molecule has 2 heterocycles. The number of rotatable bonds is 4. The summed E-state index contributed by atoms with van der Waals surface area (Å²) >= 11 is 0. The Morgan fingerprint density at radius 3 is 2.68 bits per heavy atom. The first-order valence-electron chi connectivity index (χ1n) is 12.1. The second-order valence-electron chi connectivity index (χ2n) is 8.97. The van der Waals surface area contributed by atoms with Crippen LogP contribution in [0.2, 0.25) is 0 Å². The number of aryl methyl sites for hydroxylation is 1. The minimum absolute atomic E-state index is 0.238. The van der Waals surface area contributed by atoms with Gasteiger partial charge in [-0.2, -0.15) is 13.2 Å². The molecule has 0 aliphatic carbocycles. The van der Waals surface area contributed by atoms with Gasteiger partial charge in [-0.15, -0.1) is 0 Å². The van der Waals surface area contributed by atoms with Crippen molar-refractivity contribution in [3.8, 4) is 23.3 Å². The maximum Gasteiger partial charge on any atom is 0.419 e. The third kappa shape index (κ3) is 5.84. The summed E-state index contributed by atoms with van der Waals surface area (Å²) in [5.74, 6) is 7.71. The molecule has 2 N–H and O–H groups in total. The summed E-state index contributed by atoms with van der Waals surface area (Å²) < 4.78 is 45.7. The molecule has 0 radical (unpaired) electrons. The van der Waals surface area contributed by atoms with Crippen molar-refractivity contribution in [3.05, 3.63) is 83.7 Å². The Labute approximate surface area is 213 Å². The zero-order chi connectivity index (χ0) is 25.8. The summed E-state index contributed by atoms with van der Waals surface area (Å²) in [6.45, 7) is 3.74. The summed E-state index contributed by atoms with van der Waals surface area (Å²) in [6, 6.07) is 16.2. The number of aromatic nitrogens is 2. The maximum atomic E-state index is 13.3. The van der Waals surface area contributed by atoms with E-state index >= 15 is 0 Å². The third-order valence-corrected chi connectivity index (χ3v) is 6.20. The number of para-hydroxylation sites is 1. The van der Waals surface area contributed by atoms with Crippen LogP contribution >= 0.6 is 0 Å². The Bertz CT molecular complexity index is 1480. The second kappa shape index (κ2) is 10.5. The van der Waals surface area contributed by atoms with Crippen LogP contribution in [0.4, 0.5) is 24.7 Å². The van der Waals surface area contributed by atoms with Crippen molar-refractivity contribution < 1.29 is 17.9 Å². The van der Waals surface area contributed by atoms with Crippen molar-refractivity contribution in [1.82, 2.24) is 15.3 Å². The second-order valence-corrected chi connectivity index (χ2v) is 8.97. The highest BCUT2D eigenvalue weighted by Gasteiger charge is 2.34. The smallest absolute Gasteiger partial charge is 0.419 e. The highest BCUT2D eigenvalue weighted by atomic mass is 19.4. The van der Waals surface area contributed by atoms with E-state index in [2.05, 4.69) is 32.4 Å². The molecule has 1 saturated heterocycles. The van der Waals surface area contributed by atoms with Crippen LogP contribution in [0.15, 0.2) is 67.0 Å². The fourth-order valence-electron chi connectivity index (χ4n) is 4.28. The molecule has 1 fully saturated rings. The Morgan fingerprint density at radius 2 is 1.89 bits per heavy atom. The van der Waals surface area contributed by atoms with Crippen LogP contribution in [0.25, 0.3) is 10.9 Å². The fourth-order valence-corrected chi connectivity index (χ4v) is 4.28. The lowest BCUT2D eigenvalue weighted by Crippen LogP contribution is -2.28. The zero-order valence-corrected chi connectivity index (χ0v) is 20.2. The summed E-state index contributed by atoms with van der Waals surface area (Å²) in [6.07, 6.45) is -0.778. The quantitative estimate of drug-likeness (QED) is 0.299. The highest BCUT2D eigenvalue weighted by Crippen LogP contribution is 2.39. The predicted molar refractivity (Wildman–Crippen MR) is 138 cm³/mol. The van der Waals surface area contributed by atoms with Gasteiger partial charge < -0.3 is 15.4 Å². The summed E-state index contributed by atoms with van der Waals surface area (Å²) in [7, 11) is 0. The lowest BCUT2D eigenvalue weighted by Gasteiger charge is -2.17. The SMILES string of the molecule is Cc1cc(Nc2ncnc3ccc(C#CC4CCCNC4)cc23)ccc1Oc1ccccc1C(F)(F)F. The molecule has 0 spiro atoms. The molecule has 5 nitrogen and oxygen atoms in total. The van der Waals surface area contributed by atoms with Gasteiger partial charge in [0.1, 0.15) is 23.6 Å². The van der Waals surface area contributed by atoms with Crippen molar-refractivity contribution in [2.24, 2.45) is 5.92 Å². The third-order valence-electron chi connectivity index (χ3n) is 6.20. The van der Waals surface area contributed by atoms with Gasteiger partial charge in [0.05, 0.1) is 11.1 Å². The molecule has 5 rings (SSSR count). The summed E-state index contributed by atoms with van der Waals surface area (Å²) in [5.41, 5.74) is 2.25. The topological polar surface area (TPSA) is 59.1 Å². The monoisotopic (exact) mass is 502 g/mol. The molecular weight excluding hydrogens is 477 g/mol. The van der Waals surface area contributed by atoms with Gasteiger partial charge in [-0.05, 0) is 80.4 Å². The van der Waals surface area contributed by atoms with Crippen LogP contribution in [0.5, 0.6) is 11.5 Å². The van der Waals surface area contributed by atoms with Gasteiger partial charge >= 0.3 is 6.18 Å². The minimum Gasteiger partial charge on any atom is -0.456 e. The number of hydrogen-bond donors (Lipinski definition) is 2. The molecule has 188 valence electrons. The Balaban J connectivity index is 1.38. The number of nitrogens with one attached hydrogen (secondary N) is 2. The molecule has 0 bridgehead atoms. The summed E-state index contributed by atoms with van der Waals surface area (Å²) in [5, 5.41) is 7.51. The molecule has 8 heteroatoms. The van der Waals surface area contributed by atoms with Gasteiger partial charge in [-0.1, -0.05) is 24.0 Å². The average Bonchev–Trinajstić information content (AvgIpc) is 2.89. The normalized spacial score (nSPS) is 15.6. The van der Waals surface area contributed by atoms with E-state index in [1.54, 1.807) is 25.1 Å². The van der Waals surface area contributed by atoms with E-state index < -0.39 is 11.7 Å². The van der Waals surface area contributed by atoms with E-state index in [0.717, 1.165) is 54.2 Å². The first-order chi connectivity index (χ1) is 17.9. The zero-order valence-electron chi connectivity index (χ0n) is 20.2. The number of benzene rings is 3. The van der Waals surface area contributed by atoms with Crippen LogP contribution in [0, 0.1) is 24.7 Å². The van der Waals surface area contributed by atoms with Gasteiger partial charge in [0, 0.05) is 29.1 Å². The molecule has 1 atom stereocenters. The first kappa shape index (κ1) is 24.6. The molecule has 1 unspecified atom stereocenters.